The van der Waals surface area contributed by atoms with Crippen LogP contribution in [0.2, 0.25) is 0 Å². The first-order valence-corrected chi connectivity index (χ1v) is 5.57. The van der Waals surface area contributed by atoms with Crippen molar-refractivity contribution in [1.82, 2.24) is 0 Å². The molecule has 0 radical (unpaired) electrons. The van der Waals surface area contributed by atoms with Crippen LogP contribution in [0, 0.1) is 0 Å². The largest absolute Gasteiger partial charge is 0.480 e. The molecule has 1 atom stereocenters. The van der Waals surface area contributed by atoms with Crippen molar-refractivity contribution in [1.29, 1.82) is 0 Å². The van der Waals surface area contributed by atoms with E-state index in [4.69, 9.17) is 5.11 Å². The summed E-state index contributed by atoms with van der Waals surface area (Å²) in [7, 11) is 0.206. The Labute approximate surface area is 66.1 Å². The van der Waals surface area contributed by atoms with Crippen LogP contribution in [0.15, 0.2) is 0 Å². The lowest BCUT2D eigenvalue weighted by Gasteiger charge is -1.99. The van der Waals surface area contributed by atoms with Gasteiger partial charge in [-0.1, -0.05) is 15.9 Å². The van der Waals surface area contributed by atoms with Crippen LogP contribution in [-0.2, 0) is 15.7 Å². The Balaban J connectivity index is 3.50. The van der Waals surface area contributed by atoms with Crippen molar-refractivity contribution in [3.05, 3.63) is 0 Å². The van der Waals surface area contributed by atoms with Crippen molar-refractivity contribution in [2.75, 3.05) is 18.3 Å². The van der Waals surface area contributed by atoms with Gasteiger partial charge in [0.15, 0.2) is 4.83 Å². The Morgan fingerprint density at radius 3 is 2.33 bits per heavy atom. The molecule has 0 aliphatic heterocycles. The van der Waals surface area contributed by atoms with E-state index in [0.29, 0.717) is 0 Å². The molecule has 0 aromatic rings. The van der Waals surface area contributed by atoms with Gasteiger partial charge < -0.3 is 5.11 Å². The molecule has 0 rings (SSSR count). The van der Waals surface area contributed by atoms with Crippen molar-refractivity contribution >= 4 is 32.8 Å². The molecule has 0 saturated heterocycles. The van der Waals surface area contributed by atoms with Gasteiger partial charge in [-0.25, -0.2) is 0 Å². The summed E-state index contributed by atoms with van der Waals surface area (Å²) in [6, 6.07) is 0. The molecule has 0 spiro atoms. The Bertz CT molecular complexity index is 105. The number of carbonyl (C=O) groups is 1. The number of hydrogen-bond donors (Lipinski definition) is 1. The van der Waals surface area contributed by atoms with Gasteiger partial charge in [0.05, 0.1) is 12.5 Å². The fraction of sp³-hybridized carbons (Fsp3) is 0.800. The highest BCUT2D eigenvalue weighted by Crippen LogP contribution is 2.02. The van der Waals surface area contributed by atoms with Crippen LogP contribution in [-0.4, -0.2) is 34.2 Å². The van der Waals surface area contributed by atoms with E-state index in [1.807, 2.05) is 12.5 Å². The standard InChI is InChI=1S/C5H9BrO2S/c1-9(2)3-4(6)5(7)8/h4H,3H2,1-2H3/p+1. The molecule has 54 valence electrons. The highest BCUT2D eigenvalue weighted by atomic mass is 79.9. The van der Waals surface area contributed by atoms with Crippen molar-refractivity contribution < 1.29 is 9.90 Å². The second-order valence-corrected chi connectivity index (χ2v) is 5.37. The molecule has 0 aromatic carbocycles. The summed E-state index contributed by atoms with van der Waals surface area (Å²) in [5.74, 6) is -0.0498. The second kappa shape index (κ2) is 4.17. The summed E-state index contributed by atoms with van der Waals surface area (Å²) in [5, 5.41) is 8.39. The minimum absolute atomic E-state index is 0.206. The lowest BCUT2D eigenvalue weighted by Crippen LogP contribution is -2.22. The summed E-state index contributed by atoms with van der Waals surface area (Å²) < 4.78 is 0. The smallest absolute Gasteiger partial charge is 0.322 e. The quantitative estimate of drug-likeness (QED) is 0.555. The topological polar surface area (TPSA) is 37.3 Å². The van der Waals surface area contributed by atoms with Crippen LogP contribution >= 0.6 is 15.9 Å². The Hall–Kier alpha value is 0.300. The molecule has 0 saturated carbocycles. The maximum Gasteiger partial charge on any atom is 0.322 e. The molecule has 0 heterocycles. The fourth-order valence-corrected chi connectivity index (χ4v) is 2.68. The molecular weight excluding hydrogens is 204 g/mol. The Morgan fingerprint density at radius 1 is 1.78 bits per heavy atom. The van der Waals surface area contributed by atoms with E-state index in [0.717, 1.165) is 5.75 Å². The van der Waals surface area contributed by atoms with E-state index in [1.54, 1.807) is 0 Å². The first-order valence-electron chi connectivity index (χ1n) is 2.45. The minimum atomic E-state index is -0.767. The molecular formula is C5H10BrO2S+. The summed E-state index contributed by atoms with van der Waals surface area (Å²) in [4.78, 5) is 9.83. The molecule has 9 heavy (non-hydrogen) atoms. The van der Waals surface area contributed by atoms with Gasteiger partial charge in [-0.05, 0) is 10.9 Å². The minimum Gasteiger partial charge on any atom is -0.480 e. The fourth-order valence-electron chi connectivity index (χ4n) is 0.364. The van der Waals surface area contributed by atoms with Crippen molar-refractivity contribution in [3.8, 4) is 0 Å². The molecule has 0 aliphatic rings. The van der Waals surface area contributed by atoms with E-state index in [1.165, 1.54) is 0 Å². The molecule has 1 unspecified atom stereocenters. The van der Waals surface area contributed by atoms with Gasteiger partial charge in [0.1, 0.15) is 5.75 Å². The molecule has 0 aliphatic carbocycles. The molecule has 4 heteroatoms. The number of carboxylic acid groups (broad SMARTS) is 1. The van der Waals surface area contributed by atoms with E-state index in [9.17, 15) is 4.79 Å². The zero-order chi connectivity index (χ0) is 7.44. The summed E-state index contributed by atoms with van der Waals surface area (Å²) in [6.45, 7) is 0. The van der Waals surface area contributed by atoms with Crippen LogP contribution < -0.4 is 0 Å². The van der Waals surface area contributed by atoms with Crippen LogP contribution in [0.3, 0.4) is 0 Å². The van der Waals surface area contributed by atoms with Gasteiger partial charge in [0, 0.05) is 0 Å². The third-order valence-electron chi connectivity index (χ3n) is 0.748. The van der Waals surface area contributed by atoms with Crippen molar-refractivity contribution in [2.24, 2.45) is 0 Å². The lowest BCUT2D eigenvalue weighted by atomic mass is 10.5. The van der Waals surface area contributed by atoms with Gasteiger partial charge in [-0.3, -0.25) is 4.79 Å². The second-order valence-electron chi connectivity index (χ2n) is 1.96. The zero-order valence-electron chi connectivity index (χ0n) is 5.43. The lowest BCUT2D eigenvalue weighted by molar-refractivity contribution is -0.135. The van der Waals surface area contributed by atoms with Crippen molar-refractivity contribution in [2.45, 2.75) is 4.83 Å². The molecule has 0 aromatic heterocycles. The van der Waals surface area contributed by atoms with Gasteiger partial charge in [-0.15, -0.1) is 0 Å². The van der Waals surface area contributed by atoms with Gasteiger partial charge in [-0.2, -0.15) is 0 Å². The highest BCUT2D eigenvalue weighted by molar-refractivity contribution is 9.10. The number of rotatable bonds is 3. The Morgan fingerprint density at radius 2 is 2.22 bits per heavy atom. The number of hydrogen-bond acceptors (Lipinski definition) is 1. The van der Waals surface area contributed by atoms with Crippen molar-refractivity contribution in [3.63, 3.8) is 0 Å². The average Bonchev–Trinajstić information content (AvgIpc) is 1.63. The third kappa shape index (κ3) is 4.78. The number of alkyl halides is 1. The van der Waals surface area contributed by atoms with Gasteiger partial charge >= 0.3 is 5.97 Å². The van der Waals surface area contributed by atoms with Crippen LogP contribution in [0.1, 0.15) is 0 Å². The number of halogens is 1. The van der Waals surface area contributed by atoms with Crippen LogP contribution in [0.5, 0.6) is 0 Å². The molecule has 0 amide bonds. The highest BCUT2D eigenvalue weighted by Gasteiger charge is 2.19. The Kier molecular flexibility index (Phi) is 4.31. The SMILES string of the molecule is C[S+](C)CC(Br)C(=O)O. The number of carboxylic acids is 1. The number of aliphatic carboxylic acids is 1. The van der Waals surface area contributed by atoms with E-state index >= 15 is 0 Å². The normalized spacial score (nSPS) is 13.8. The van der Waals surface area contributed by atoms with Gasteiger partial charge in [0.2, 0.25) is 0 Å². The molecule has 0 fully saturated rings. The first-order chi connectivity index (χ1) is 4.04. The predicted molar refractivity (Wildman–Crippen MR) is 44.4 cm³/mol. The first kappa shape index (κ1) is 9.30. The summed E-state index contributed by atoms with van der Waals surface area (Å²) in [6.07, 6.45) is 4.05. The molecule has 0 bridgehead atoms. The van der Waals surface area contributed by atoms with Crippen LogP contribution in [0.25, 0.3) is 0 Å². The maximum absolute atomic E-state index is 10.2. The zero-order valence-corrected chi connectivity index (χ0v) is 7.83. The summed E-state index contributed by atoms with van der Waals surface area (Å²) >= 11 is 3.05. The third-order valence-corrected chi connectivity index (χ3v) is 2.89. The van der Waals surface area contributed by atoms with E-state index in [-0.39, 0.29) is 15.7 Å². The maximum atomic E-state index is 10.2. The molecule has 2 nitrogen and oxygen atoms in total. The monoisotopic (exact) mass is 213 g/mol. The summed E-state index contributed by atoms with van der Waals surface area (Å²) in [5.41, 5.74) is 0. The molecule has 1 N–H and O–H groups in total. The van der Waals surface area contributed by atoms with E-state index in [2.05, 4.69) is 15.9 Å². The van der Waals surface area contributed by atoms with E-state index < -0.39 is 5.97 Å². The van der Waals surface area contributed by atoms with Gasteiger partial charge in [0.25, 0.3) is 0 Å². The van der Waals surface area contributed by atoms with Crippen LogP contribution in [0.4, 0.5) is 0 Å². The average molecular weight is 214 g/mol. The predicted octanol–water partition coefficient (Wildman–Crippen LogP) is 0.712.